The minimum Gasteiger partial charge on any atom is -0.490 e. The topological polar surface area (TPSA) is 126 Å². The first-order valence-corrected chi connectivity index (χ1v) is 13.5. The first-order chi connectivity index (χ1) is 18.9. The number of carboxylic acids is 1. The summed E-state index contributed by atoms with van der Waals surface area (Å²) in [5.74, 6) is 3.07. The molecule has 2 aliphatic heterocycles. The molecule has 2 N–H and O–H groups in total. The highest BCUT2D eigenvalue weighted by molar-refractivity contribution is 5.75. The molecule has 11 nitrogen and oxygen atoms in total. The Morgan fingerprint density at radius 3 is 2.74 bits per heavy atom. The number of piperidine rings is 2. The van der Waals surface area contributed by atoms with Gasteiger partial charge in [-0.2, -0.15) is 4.98 Å². The van der Waals surface area contributed by atoms with Gasteiger partial charge < -0.3 is 29.7 Å². The Bertz CT molecular complexity index is 1290. The summed E-state index contributed by atoms with van der Waals surface area (Å²) >= 11 is 0. The minimum absolute atomic E-state index is 0.000170. The third-order valence-corrected chi connectivity index (χ3v) is 7.18. The Labute approximate surface area is 228 Å². The number of benzene rings is 1. The summed E-state index contributed by atoms with van der Waals surface area (Å²) in [5, 5.41) is 12.8. The molecule has 0 amide bonds. The Morgan fingerprint density at radius 1 is 1.10 bits per heavy atom. The van der Waals surface area contributed by atoms with Gasteiger partial charge in [0, 0.05) is 25.8 Å². The predicted molar refractivity (Wildman–Crippen MR) is 148 cm³/mol. The molecule has 206 valence electrons. The van der Waals surface area contributed by atoms with Gasteiger partial charge in [0.25, 0.3) is 0 Å². The summed E-state index contributed by atoms with van der Waals surface area (Å²) in [6.45, 7) is 7.03. The maximum absolute atomic E-state index is 11.8. The van der Waals surface area contributed by atoms with E-state index in [1.807, 2.05) is 36.1 Å². The molecule has 0 aliphatic carbocycles. The van der Waals surface area contributed by atoms with Gasteiger partial charge in [-0.25, -0.2) is 9.97 Å². The number of hydrogen-bond acceptors (Lipinski definition) is 10. The predicted octanol–water partition coefficient (Wildman–Crippen LogP) is 4.15. The molecule has 1 aromatic carbocycles. The number of carboxylic acid groups (broad SMARTS) is 1. The zero-order chi connectivity index (χ0) is 27.2. The molecule has 2 aliphatic rings. The van der Waals surface area contributed by atoms with Crippen molar-refractivity contribution in [2.45, 2.75) is 45.6 Å². The molecule has 0 saturated carbocycles. The number of rotatable bonds is 9. The number of hydrogen-bond donors (Lipinski definition) is 2. The number of nitrogens with zero attached hydrogens (tertiary/aromatic N) is 6. The van der Waals surface area contributed by atoms with Gasteiger partial charge in [0.05, 0.1) is 31.0 Å². The van der Waals surface area contributed by atoms with Crippen molar-refractivity contribution in [3.05, 3.63) is 48.9 Å². The summed E-state index contributed by atoms with van der Waals surface area (Å²) in [7, 11) is 0. The van der Waals surface area contributed by atoms with E-state index >= 15 is 0 Å². The Morgan fingerprint density at radius 2 is 1.92 bits per heavy atom. The van der Waals surface area contributed by atoms with E-state index in [1.165, 1.54) is 0 Å². The molecular weight excluding hydrogens is 498 g/mol. The van der Waals surface area contributed by atoms with Crippen molar-refractivity contribution in [2.75, 3.05) is 47.9 Å². The van der Waals surface area contributed by atoms with Crippen molar-refractivity contribution in [2.24, 2.45) is 5.41 Å². The fourth-order valence-corrected chi connectivity index (χ4v) is 5.12. The molecule has 0 radical (unpaired) electrons. The second-order valence-electron chi connectivity index (χ2n) is 10.2. The van der Waals surface area contributed by atoms with Gasteiger partial charge in [0.15, 0.2) is 17.3 Å². The van der Waals surface area contributed by atoms with E-state index in [4.69, 9.17) is 14.5 Å². The maximum Gasteiger partial charge on any atom is 0.311 e. The standard InChI is InChI=1S/C28H35N7O4/c1-3-38-21-9-4-5-10-22(21)39-20-8-6-14-34(18-20)25-17-29-16-23(31-25)32-27-30-13-11-24(33-27)35-15-7-12-28(2,19-35)26(36)37/h4-5,9-11,13,16-17,20H,3,6-8,12,14-15,18-19H2,1-2H3,(H,36,37)(H,30,31,32,33). The second-order valence-corrected chi connectivity index (χ2v) is 10.2. The maximum atomic E-state index is 11.8. The molecule has 2 fully saturated rings. The Balaban J connectivity index is 1.25. The fourth-order valence-electron chi connectivity index (χ4n) is 5.12. The van der Waals surface area contributed by atoms with Gasteiger partial charge in [-0.15, -0.1) is 0 Å². The zero-order valence-corrected chi connectivity index (χ0v) is 22.4. The van der Waals surface area contributed by atoms with Crippen LogP contribution in [-0.2, 0) is 4.79 Å². The molecule has 5 rings (SSSR count). The van der Waals surface area contributed by atoms with Crippen molar-refractivity contribution < 1.29 is 19.4 Å². The van der Waals surface area contributed by atoms with Crippen molar-refractivity contribution in [3.8, 4) is 11.5 Å². The average Bonchev–Trinajstić information content (AvgIpc) is 2.95. The summed E-state index contributed by atoms with van der Waals surface area (Å²) in [6.07, 6.45) is 8.41. The molecule has 3 aromatic rings. The molecule has 0 spiro atoms. The van der Waals surface area contributed by atoms with Gasteiger partial charge >= 0.3 is 5.97 Å². The van der Waals surface area contributed by atoms with E-state index in [0.29, 0.717) is 43.7 Å². The van der Waals surface area contributed by atoms with Crippen molar-refractivity contribution >= 4 is 29.4 Å². The van der Waals surface area contributed by atoms with E-state index in [-0.39, 0.29) is 6.10 Å². The Kier molecular flexibility index (Phi) is 7.94. The number of para-hydroxylation sites is 2. The molecule has 2 aromatic heterocycles. The number of ether oxygens (including phenoxy) is 2. The smallest absolute Gasteiger partial charge is 0.311 e. The lowest BCUT2D eigenvalue weighted by Crippen LogP contribution is -2.46. The molecular formula is C28H35N7O4. The van der Waals surface area contributed by atoms with Crippen LogP contribution in [0.4, 0.5) is 23.4 Å². The quantitative estimate of drug-likeness (QED) is 0.412. The summed E-state index contributed by atoms with van der Waals surface area (Å²) in [6, 6.07) is 9.56. The molecule has 2 unspecified atom stereocenters. The number of aliphatic carboxylic acids is 1. The first-order valence-electron chi connectivity index (χ1n) is 13.5. The zero-order valence-electron chi connectivity index (χ0n) is 22.4. The summed E-state index contributed by atoms with van der Waals surface area (Å²) < 4.78 is 12.0. The fraction of sp³-hybridized carbons (Fsp3) is 0.464. The van der Waals surface area contributed by atoms with Crippen LogP contribution in [0.1, 0.15) is 39.5 Å². The van der Waals surface area contributed by atoms with Gasteiger partial charge in [-0.1, -0.05) is 12.1 Å². The average molecular weight is 534 g/mol. The van der Waals surface area contributed by atoms with Gasteiger partial charge in [0.2, 0.25) is 5.95 Å². The van der Waals surface area contributed by atoms with Crippen molar-refractivity contribution in [1.82, 2.24) is 19.9 Å². The van der Waals surface area contributed by atoms with Crippen LogP contribution >= 0.6 is 0 Å². The number of carbonyl (C=O) groups is 1. The van der Waals surface area contributed by atoms with Gasteiger partial charge in [-0.3, -0.25) is 9.78 Å². The van der Waals surface area contributed by atoms with Gasteiger partial charge in [-0.05, 0) is 57.7 Å². The lowest BCUT2D eigenvalue weighted by atomic mass is 9.82. The summed E-state index contributed by atoms with van der Waals surface area (Å²) in [5.41, 5.74) is -0.794. The molecule has 2 atom stereocenters. The van der Waals surface area contributed by atoms with Crippen LogP contribution in [0.5, 0.6) is 11.5 Å². The molecule has 0 bridgehead atoms. The highest BCUT2D eigenvalue weighted by atomic mass is 16.5. The van der Waals surface area contributed by atoms with Crippen LogP contribution in [0.2, 0.25) is 0 Å². The Hall–Kier alpha value is -4.15. The highest BCUT2D eigenvalue weighted by Crippen LogP contribution is 2.33. The second kappa shape index (κ2) is 11.7. The molecule has 2 saturated heterocycles. The number of aromatic nitrogens is 4. The lowest BCUT2D eigenvalue weighted by molar-refractivity contribution is -0.148. The highest BCUT2D eigenvalue weighted by Gasteiger charge is 2.38. The van der Waals surface area contributed by atoms with E-state index in [9.17, 15) is 9.90 Å². The monoisotopic (exact) mass is 533 g/mol. The van der Waals surface area contributed by atoms with Crippen molar-refractivity contribution in [1.29, 1.82) is 0 Å². The van der Waals surface area contributed by atoms with Crippen molar-refractivity contribution in [3.63, 3.8) is 0 Å². The van der Waals surface area contributed by atoms with Crippen LogP contribution in [-0.4, -0.2) is 69.9 Å². The first kappa shape index (κ1) is 26.5. The van der Waals surface area contributed by atoms with E-state index in [2.05, 4.69) is 25.2 Å². The largest absolute Gasteiger partial charge is 0.490 e. The number of anilines is 4. The lowest BCUT2D eigenvalue weighted by Gasteiger charge is -2.38. The third-order valence-electron chi connectivity index (χ3n) is 7.18. The van der Waals surface area contributed by atoms with E-state index in [0.717, 1.165) is 49.7 Å². The minimum atomic E-state index is -0.794. The van der Waals surface area contributed by atoms with E-state index in [1.54, 1.807) is 31.6 Å². The van der Waals surface area contributed by atoms with Gasteiger partial charge in [0.1, 0.15) is 17.7 Å². The van der Waals surface area contributed by atoms with E-state index < -0.39 is 11.4 Å². The molecule has 39 heavy (non-hydrogen) atoms. The molecule has 11 heteroatoms. The SMILES string of the molecule is CCOc1ccccc1OC1CCCN(c2cncc(Nc3nccc(N4CCCC(C)(C(=O)O)C4)n3)n2)C1. The van der Waals surface area contributed by atoms with Crippen LogP contribution in [0.3, 0.4) is 0 Å². The summed E-state index contributed by atoms with van der Waals surface area (Å²) in [4.78, 5) is 34.1. The van der Waals surface area contributed by atoms with Crippen LogP contribution in [0.25, 0.3) is 0 Å². The normalized spacial score (nSPS) is 21.3. The van der Waals surface area contributed by atoms with Crippen LogP contribution in [0.15, 0.2) is 48.9 Å². The van der Waals surface area contributed by atoms with Crippen LogP contribution in [0, 0.1) is 5.41 Å². The molecule has 4 heterocycles. The van der Waals surface area contributed by atoms with Crippen LogP contribution < -0.4 is 24.6 Å². The third kappa shape index (κ3) is 6.30. The number of nitrogens with one attached hydrogen (secondary N) is 1.